The van der Waals surface area contributed by atoms with Gasteiger partial charge in [0.05, 0.1) is 24.0 Å². The Morgan fingerprint density at radius 3 is 2.71 bits per heavy atom. The average Bonchev–Trinajstić information content (AvgIpc) is 3.06. The molecular formula is C19H18ClN3O5. The summed E-state index contributed by atoms with van der Waals surface area (Å²) in [5.41, 5.74) is 1.28. The minimum atomic E-state index is -0.630. The third-order valence-electron chi connectivity index (χ3n) is 4.62. The summed E-state index contributed by atoms with van der Waals surface area (Å²) in [7, 11) is 1.40. The Labute approximate surface area is 166 Å². The van der Waals surface area contributed by atoms with Crippen molar-refractivity contribution in [1.29, 1.82) is 0 Å². The molecule has 9 heteroatoms. The summed E-state index contributed by atoms with van der Waals surface area (Å²) in [5.74, 6) is -0.982. The summed E-state index contributed by atoms with van der Waals surface area (Å²) >= 11 is 6.13. The van der Waals surface area contributed by atoms with Crippen molar-refractivity contribution < 1.29 is 19.2 Å². The van der Waals surface area contributed by atoms with Crippen LogP contribution in [0, 0.1) is 23.0 Å². The molecule has 1 N–H and O–H groups in total. The van der Waals surface area contributed by atoms with Crippen molar-refractivity contribution >= 4 is 40.5 Å². The van der Waals surface area contributed by atoms with E-state index in [1.54, 1.807) is 18.2 Å². The molecule has 1 atom stereocenters. The second-order valence-electron chi connectivity index (χ2n) is 6.47. The number of anilines is 2. The lowest BCUT2D eigenvalue weighted by Gasteiger charge is -2.17. The van der Waals surface area contributed by atoms with Gasteiger partial charge in [-0.2, -0.15) is 0 Å². The molecule has 0 aliphatic carbocycles. The highest BCUT2D eigenvalue weighted by Crippen LogP contribution is 2.32. The summed E-state index contributed by atoms with van der Waals surface area (Å²) in [6, 6.07) is 9.42. The summed E-state index contributed by atoms with van der Waals surface area (Å²) in [6.45, 7) is 2.03. The number of nitrogens with one attached hydrogen (secondary N) is 1. The van der Waals surface area contributed by atoms with Crippen LogP contribution in [-0.4, -0.2) is 30.4 Å². The molecule has 0 unspecified atom stereocenters. The number of nitro groups is 1. The van der Waals surface area contributed by atoms with Crippen LogP contribution in [0.4, 0.5) is 17.1 Å². The van der Waals surface area contributed by atoms with Gasteiger partial charge in [-0.15, -0.1) is 0 Å². The highest BCUT2D eigenvalue weighted by molar-refractivity contribution is 6.31. The number of ether oxygens (including phenoxy) is 1. The van der Waals surface area contributed by atoms with Gasteiger partial charge in [0.2, 0.25) is 11.8 Å². The zero-order chi connectivity index (χ0) is 20.4. The van der Waals surface area contributed by atoms with E-state index in [0.717, 1.165) is 5.56 Å². The molecule has 0 spiro atoms. The monoisotopic (exact) mass is 403 g/mol. The highest BCUT2D eigenvalue weighted by atomic mass is 35.5. The molecule has 2 amide bonds. The summed E-state index contributed by atoms with van der Waals surface area (Å²) in [6.07, 6.45) is 0.0152. The first-order valence-electron chi connectivity index (χ1n) is 8.50. The third-order valence-corrected chi connectivity index (χ3v) is 5.03. The normalized spacial score (nSPS) is 16.2. The molecule has 0 bridgehead atoms. The minimum Gasteiger partial charge on any atom is -0.496 e. The molecule has 2 aromatic rings. The maximum Gasteiger partial charge on any atom is 0.296 e. The second kappa shape index (κ2) is 7.85. The first kappa shape index (κ1) is 19.6. The zero-order valence-corrected chi connectivity index (χ0v) is 16.0. The Morgan fingerprint density at radius 2 is 2.07 bits per heavy atom. The Hall–Kier alpha value is -3.13. The number of carbonyl (C=O) groups is 2. The smallest absolute Gasteiger partial charge is 0.296 e. The van der Waals surface area contributed by atoms with Crippen LogP contribution < -0.4 is 15.0 Å². The molecule has 0 saturated carbocycles. The van der Waals surface area contributed by atoms with E-state index in [-0.39, 0.29) is 30.2 Å². The quantitative estimate of drug-likeness (QED) is 0.607. The van der Waals surface area contributed by atoms with Crippen LogP contribution in [0.5, 0.6) is 5.75 Å². The number of nitro benzene ring substituents is 1. The van der Waals surface area contributed by atoms with Gasteiger partial charge >= 0.3 is 0 Å². The minimum absolute atomic E-state index is 0.0152. The molecule has 0 aromatic heterocycles. The summed E-state index contributed by atoms with van der Waals surface area (Å²) in [4.78, 5) is 37.2. The molecule has 1 aliphatic rings. The van der Waals surface area contributed by atoms with Crippen LogP contribution in [0.2, 0.25) is 5.02 Å². The van der Waals surface area contributed by atoms with Gasteiger partial charge in [0.25, 0.3) is 5.69 Å². The van der Waals surface area contributed by atoms with Gasteiger partial charge in [-0.3, -0.25) is 19.7 Å². The number of carbonyl (C=O) groups excluding carboxylic acids is 2. The predicted molar refractivity (Wildman–Crippen MR) is 105 cm³/mol. The Balaban J connectivity index is 1.76. The number of aryl methyl sites for hydroxylation is 1. The molecule has 2 aromatic carbocycles. The number of halogens is 1. The van der Waals surface area contributed by atoms with Crippen LogP contribution in [0.1, 0.15) is 12.0 Å². The lowest BCUT2D eigenvalue weighted by Crippen LogP contribution is -2.28. The van der Waals surface area contributed by atoms with Crippen molar-refractivity contribution in [2.24, 2.45) is 5.92 Å². The number of methoxy groups -OCH3 is 1. The number of rotatable bonds is 5. The summed E-state index contributed by atoms with van der Waals surface area (Å²) in [5, 5.41) is 14.4. The fraction of sp³-hybridized carbons (Fsp3) is 0.263. The largest absolute Gasteiger partial charge is 0.496 e. The van der Waals surface area contributed by atoms with Crippen molar-refractivity contribution in [2.45, 2.75) is 13.3 Å². The van der Waals surface area contributed by atoms with Crippen molar-refractivity contribution in [2.75, 3.05) is 23.9 Å². The topological polar surface area (TPSA) is 102 Å². The SMILES string of the molecule is COc1ccc(NC(=O)[C@@H]2CC(=O)N(c3ccc(C)c(Cl)c3)C2)c([N+](=O)[O-])c1. The molecule has 1 heterocycles. The van der Waals surface area contributed by atoms with Crippen molar-refractivity contribution in [3.05, 3.63) is 57.1 Å². The van der Waals surface area contributed by atoms with Gasteiger partial charge in [0.15, 0.2) is 0 Å². The third kappa shape index (κ3) is 3.91. The van der Waals surface area contributed by atoms with Crippen molar-refractivity contribution in [1.82, 2.24) is 0 Å². The first-order valence-corrected chi connectivity index (χ1v) is 8.87. The molecule has 0 radical (unpaired) electrons. The number of amides is 2. The molecule has 8 nitrogen and oxygen atoms in total. The lowest BCUT2D eigenvalue weighted by molar-refractivity contribution is -0.384. The van der Waals surface area contributed by atoms with Crippen LogP contribution in [0.3, 0.4) is 0 Å². The predicted octanol–water partition coefficient (Wildman–Crippen LogP) is 3.56. The second-order valence-corrected chi connectivity index (χ2v) is 6.88. The van der Waals surface area contributed by atoms with E-state index < -0.39 is 16.7 Å². The van der Waals surface area contributed by atoms with Gasteiger partial charge in [0, 0.05) is 23.7 Å². The van der Waals surface area contributed by atoms with Crippen LogP contribution in [0.15, 0.2) is 36.4 Å². The van der Waals surface area contributed by atoms with Gasteiger partial charge in [0.1, 0.15) is 11.4 Å². The Kier molecular flexibility index (Phi) is 5.51. The van der Waals surface area contributed by atoms with Gasteiger partial charge in [-0.1, -0.05) is 17.7 Å². The maximum atomic E-state index is 12.6. The van der Waals surface area contributed by atoms with E-state index in [1.165, 1.54) is 30.2 Å². The fourth-order valence-electron chi connectivity index (χ4n) is 3.01. The molecule has 3 rings (SSSR count). The number of hydrogen-bond donors (Lipinski definition) is 1. The van der Waals surface area contributed by atoms with Crippen molar-refractivity contribution in [3.63, 3.8) is 0 Å². The van der Waals surface area contributed by atoms with Gasteiger partial charge < -0.3 is 15.0 Å². The Bertz CT molecular complexity index is 963. The first-order chi connectivity index (χ1) is 13.3. The Morgan fingerprint density at radius 1 is 1.32 bits per heavy atom. The molecule has 146 valence electrons. The standard InChI is InChI=1S/C19H18ClN3O5/c1-11-3-4-13(8-15(11)20)22-10-12(7-18(22)24)19(25)21-16-6-5-14(28-2)9-17(16)23(26)27/h3-6,8-9,12H,7,10H2,1-2H3,(H,21,25)/t12-/m1/s1. The van der Waals surface area contributed by atoms with E-state index in [0.29, 0.717) is 16.5 Å². The van der Waals surface area contributed by atoms with Crippen LogP contribution in [-0.2, 0) is 9.59 Å². The fourth-order valence-corrected chi connectivity index (χ4v) is 3.19. The molecule has 1 aliphatic heterocycles. The molecule has 1 saturated heterocycles. The summed E-state index contributed by atoms with van der Waals surface area (Å²) < 4.78 is 4.98. The van der Waals surface area contributed by atoms with E-state index in [2.05, 4.69) is 5.32 Å². The molecule has 28 heavy (non-hydrogen) atoms. The molecular weight excluding hydrogens is 386 g/mol. The van der Waals surface area contributed by atoms with E-state index in [1.807, 2.05) is 6.92 Å². The van der Waals surface area contributed by atoms with E-state index in [4.69, 9.17) is 16.3 Å². The number of benzene rings is 2. The highest BCUT2D eigenvalue weighted by Gasteiger charge is 2.36. The average molecular weight is 404 g/mol. The van der Waals surface area contributed by atoms with Gasteiger partial charge in [-0.25, -0.2) is 0 Å². The lowest BCUT2D eigenvalue weighted by atomic mass is 10.1. The van der Waals surface area contributed by atoms with E-state index >= 15 is 0 Å². The number of hydrogen-bond acceptors (Lipinski definition) is 5. The molecule has 1 fully saturated rings. The maximum absolute atomic E-state index is 12.6. The van der Waals surface area contributed by atoms with Crippen LogP contribution in [0.25, 0.3) is 0 Å². The van der Waals surface area contributed by atoms with Crippen molar-refractivity contribution in [3.8, 4) is 5.75 Å². The number of nitrogens with zero attached hydrogens (tertiary/aromatic N) is 2. The van der Waals surface area contributed by atoms with E-state index in [9.17, 15) is 19.7 Å². The van der Waals surface area contributed by atoms with Gasteiger partial charge in [-0.05, 0) is 36.8 Å². The zero-order valence-electron chi connectivity index (χ0n) is 15.3. The van der Waals surface area contributed by atoms with Crippen LogP contribution >= 0.6 is 11.6 Å².